The van der Waals surface area contributed by atoms with Crippen LogP contribution in [0, 0.1) is 6.92 Å². The molecule has 0 heterocycles. The van der Waals surface area contributed by atoms with Crippen molar-refractivity contribution in [1.82, 2.24) is 0 Å². The Hall–Kier alpha value is -3.03. The van der Waals surface area contributed by atoms with E-state index >= 15 is 0 Å². The molecule has 1 N–H and O–H groups in total. The summed E-state index contributed by atoms with van der Waals surface area (Å²) in [4.78, 5) is 12.8. The van der Waals surface area contributed by atoms with E-state index in [9.17, 15) is 13.2 Å². The van der Waals surface area contributed by atoms with Gasteiger partial charge in [0.2, 0.25) is 5.91 Å². The fraction of sp³-hybridized carbons (Fsp3) is 0.136. The van der Waals surface area contributed by atoms with Crippen LogP contribution in [-0.4, -0.2) is 28.0 Å². The first kappa shape index (κ1) is 21.7. The molecule has 0 bridgehead atoms. The van der Waals surface area contributed by atoms with Gasteiger partial charge < -0.3 is 10.1 Å². The normalized spacial score (nSPS) is 11.0. The number of hydrogen-bond donors (Lipinski definition) is 1. The highest BCUT2D eigenvalue weighted by atomic mass is 35.5. The summed E-state index contributed by atoms with van der Waals surface area (Å²) in [6, 6.07) is 19.6. The molecule has 0 unspecified atom stereocenters. The maximum absolute atomic E-state index is 13.4. The van der Waals surface area contributed by atoms with Crippen molar-refractivity contribution in [3.05, 3.63) is 83.4 Å². The average Bonchev–Trinajstić information content (AvgIpc) is 2.74. The molecule has 3 aromatic rings. The Kier molecular flexibility index (Phi) is 6.64. The quantitative estimate of drug-likeness (QED) is 0.582. The van der Waals surface area contributed by atoms with Crippen molar-refractivity contribution < 1.29 is 17.9 Å². The number of sulfonamides is 1. The van der Waals surface area contributed by atoms with Crippen molar-refractivity contribution in [2.75, 3.05) is 23.3 Å². The van der Waals surface area contributed by atoms with Crippen molar-refractivity contribution in [2.24, 2.45) is 0 Å². The number of carbonyl (C=O) groups excluding carboxylic acids is 1. The first-order chi connectivity index (χ1) is 14.3. The van der Waals surface area contributed by atoms with Gasteiger partial charge in [0, 0.05) is 16.8 Å². The van der Waals surface area contributed by atoms with E-state index in [1.54, 1.807) is 60.7 Å². The lowest BCUT2D eigenvalue weighted by Crippen LogP contribution is -2.38. The highest BCUT2D eigenvalue weighted by Crippen LogP contribution is 2.27. The summed E-state index contributed by atoms with van der Waals surface area (Å²) in [6.07, 6.45) is 0. The first-order valence-corrected chi connectivity index (χ1v) is 10.9. The number of carbonyl (C=O) groups is 1. The third-order valence-electron chi connectivity index (χ3n) is 4.37. The van der Waals surface area contributed by atoms with Gasteiger partial charge >= 0.3 is 0 Å². The Morgan fingerprint density at radius 2 is 1.70 bits per heavy atom. The van der Waals surface area contributed by atoms with Crippen LogP contribution in [0.3, 0.4) is 0 Å². The Bertz CT molecular complexity index is 1130. The summed E-state index contributed by atoms with van der Waals surface area (Å²) in [6.45, 7) is 1.46. The zero-order valence-electron chi connectivity index (χ0n) is 16.5. The van der Waals surface area contributed by atoms with E-state index in [0.29, 0.717) is 22.1 Å². The van der Waals surface area contributed by atoms with Crippen LogP contribution in [0.2, 0.25) is 5.02 Å². The van der Waals surface area contributed by atoms with Crippen molar-refractivity contribution in [2.45, 2.75) is 11.8 Å². The van der Waals surface area contributed by atoms with Gasteiger partial charge in [-0.05, 0) is 55.5 Å². The Morgan fingerprint density at radius 1 is 1.03 bits per heavy atom. The van der Waals surface area contributed by atoms with Crippen LogP contribution in [0.4, 0.5) is 11.4 Å². The molecule has 0 aromatic heterocycles. The van der Waals surface area contributed by atoms with Gasteiger partial charge in [0.05, 0.1) is 17.7 Å². The van der Waals surface area contributed by atoms with Gasteiger partial charge in [0.15, 0.2) is 0 Å². The molecule has 1 amide bonds. The third-order valence-corrected chi connectivity index (χ3v) is 6.41. The molecule has 0 fully saturated rings. The van der Waals surface area contributed by atoms with Crippen LogP contribution < -0.4 is 14.4 Å². The summed E-state index contributed by atoms with van der Waals surface area (Å²) in [5.74, 6) is -0.00876. The van der Waals surface area contributed by atoms with Crippen LogP contribution in [0.15, 0.2) is 77.7 Å². The van der Waals surface area contributed by atoms with Crippen molar-refractivity contribution in [1.29, 1.82) is 0 Å². The number of anilines is 2. The number of halogens is 1. The van der Waals surface area contributed by atoms with Gasteiger partial charge in [-0.1, -0.05) is 35.4 Å². The smallest absolute Gasteiger partial charge is 0.264 e. The van der Waals surface area contributed by atoms with Crippen molar-refractivity contribution >= 4 is 38.9 Å². The second-order valence-electron chi connectivity index (χ2n) is 6.58. The summed E-state index contributed by atoms with van der Waals surface area (Å²) < 4.78 is 33.0. The van der Waals surface area contributed by atoms with Gasteiger partial charge in [-0.3, -0.25) is 9.10 Å². The van der Waals surface area contributed by atoms with Gasteiger partial charge in [0.1, 0.15) is 12.3 Å². The standard InChI is InChI=1S/C22H21ClN2O4S/c1-16-6-12-21(13-7-16)30(27,28)25(19-4-3-5-20(14-19)29-2)15-22(26)24-18-10-8-17(23)9-11-18/h3-14H,15H2,1-2H3,(H,24,26). The monoisotopic (exact) mass is 444 g/mol. The van der Waals surface area contributed by atoms with Crippen LogP contribution in [-0.2, 0) is 14.8 Å². The maximum atomic E-state index is 13.4. The first-order valence-electron chi connectivity index (χ1n) is 9.08. The van der Waals surface area contributed by atoms with Crippen molar-refractivity contribution in [3.63, 3.8) is 0 Å². The van der Waals surface area contributed by atoms with E-state index in [0.717, 1.165) is 9.87 Å². The summed E-state index contributed by atoms with van der Waals surface area (Å²) >= 11 is 5.87. The van der Waals surface area contributed by atoms with Gasteiger partial charge in [-0.25, -0.2) is 8.42 Å². The zero-order chi connectivity index (χ0) is 21.7. The topological polar surface area (TPSA) is 75.7 Å². The van der Waals surface area contributed by atoms with Crippen LogP contribution in [0.5, 0.6) is 5.75 Å². The van der Waals surface area contributed by atoms with E-state index in [1.807, 2.05) is 6.92 Å². The zero-order valence-corrected chi connectivity index (χ0v) is 18.1. The number of nitrogens with zero attached hydrogens (tertiary/aromatic N) is 1. The summed E-state index contributed by atoms with van der Waals surface area (Å²) in [5.41, 5.74) is 1.77. The molecular formula is C22H21ClN2O4S. The minimum absolute atomic E-state index is 0.0928. The Morgan fingerprint density at radius 3 is 2.33 bits per heavy atom. The van der Waals surface area contributed by atoms with Crippen LogP contribution in [0.25, 0.3) is 0 Å². The van der Waals surface area contributed by atoms with Crippen molar-refractivity contribution in [3.8, 4) is 5.75 Å². The molecule has 0 aliphatic heterocycles. The fourth-order valence-electron chi connectivity index (χ4n) is 2.78. The molecule has 0 aliphatic carbocycles. The second kappa shape index (κ2) is 9.19. The molecule has 30 heavy (non-hydrogen) atoms. The number of methoxy groups -OCH3 is 1. The number of amides is 1. The van der Waals surface area contributed by atoms with Gasteiger partial charge in [0.25, 0.3) is 10.0 Å². The summed E-state index contributed by atoms with van der Waals surface area (Å²) in [5, 5.41) is 3.23. The number of ether oxygens (including phenoxy) is 1. The molecule has 8 heteroatoms. The SMILES string of the molecule is COc1cccc(N(CC(=O)Nc2ccc(Cl)cc2)S(=O)(=O)c2ccc(C)cc2)c1. The number of hydrogen-bond acceptors (Lipinski definition) is 4. The lowest BCUT2D eigenvalue weighted by Gasteiger charge is -2.24. The lowest BCUT2D eigenvalue weighted by molar-refractivity contribution is -0.114. The second-order valence-corrected chi connectivity index (χ2v) is 8.88. The maximum Gasteiger partial charge on any atom is 0.264 e. The molecule has 0 radical (unpaired) electrons. The van der Waals surface area contributed by atoms with E-state index in [1.165, 1.54) is 19.2 Å². The fourth-order valence-corrected chi connectivity index (χ4v) is 4.32. The highest BCUT2D eigenvalue weighted by Gasteiger charge is 2.27. The molecule has 6 nitrogen and oxygen atoms in total. The number of rotatable bonds is 7. The molecule has 0 saturated heterocycles. The molecule has 3 aromatic carbocycles. The predicted octanol–water partition coefficient (Wildman–Crippen LogP) is 4.49. The lowest BCUT2D eigenvalue weighted by atomic mass is 10.2. The molecule has 156 valence electrons. The van der Waals surface area contributed by atoms with Crippen LogP contribution in [0.1, 0.15) is 5.56 Å². The van der Waals surface area contributed by atoms with E-state index in [4.69, 9.17) is 16.3 Å². The number of aryl methyl sites for hydroxylation is 1. The molecule has 0 aliphatic rings. The van der Waals surface area contributed by atoms with Crippen LogP contribution >= 0.6 is 11.6 Å². The minimum Gasteiger partial charge on any atom is -0.497 e. The molecule has 0 spiro atoms. The number of nitrogens with one attached hydrogen (secondary N) is 1. The third kappa shape index (κ3) is 5.11. The number of benzene rings is 3. The largest absolute Gasteiger partial charge is 0.497 e. The Labute approximate surface area is 181 Å². The highest BCUT2D eigenvalue weighted by molar-refractivity contribution is 7.92. The van der Waals surface area contributed by atoms with Gasteiger partial charge in [-0.15, -0.1) is 0 Å². The van der Waals surface area contributed by atoms with E-state index in [2.05, 4.69) is 5.32 Å². The van der Waals surface area contributed by atoms with E-state index in [-0.39, 0.29) is 4.90 Å². The molecule has 0 saturated carbocycles. The van der Waals surface area contributed by atoms with Gasteiger partial charge in [-0.2, -0.15) is 0 Å². The molecule has 0 atom stereocenters. The predicted molar refractivity (Wildman–Crippen MR) is 119 cm³/mol. The molecular weight excluding hydrogens is 424 g/mol. The summed E-state index contributed by atoms with van der Waals surface area (Å²) in [7, 11) is -2.50. The Balaban J connectivity index is 1.95. The average molecular weight is 445 g/mol. The minimum atomic E-state index is -3.99. The molecule has 3 rings (SSSR count). The van der Waals surface area contributed by atoms with E-state index < -0.39 is 22.5 Å².